The van der Waals surface area contributed by atoms with Crippen LogP contribution in [0.2, 0.25) is 0 Å². The van der Waals surface area contributed by atoms with Crippen molar-refractivity contribution in [1.29, 1.82) is 5.41 Å². The average Bonchev–Trinajstić information content (AvgIpc) is 3.03. The maximum Gasteiger partial charge on any atom is 0.176 e. The van der Waals surface area contributed by atoms with E-state index in [9.17, 15) is 0 Å². The predicted octanol–water partition coefficient (Wildman–Crippen LogP) is 4.00. The Morgan fingerprint density at radius 3 is 2.74 bits per heavy atom. The molecular formula is C19H22N6OS. The third-order valence-electron chi connectivity index (χ3n) is 4.17. The minimum absolute atomic E-state index is 0.178. The van der Waals surface area contributed by atoms with Crippen molar-refractivity contribution in [1.82, 2.24) is 0 Å². The van der Waals surface area contributed by atoms with E-state index in [1.54, 1.807) is 17.1 Å². The minimum atomic E-state index is -0.178. The molecule has 27 heavy (non-hydrogen) atoms. The zero-order valence-corrected chi connectivity index (χ0v) is 15.8. The van der Waals surface area contributed by atoms with Crippen LogP contribution in [-0.4, -0.2) is 21.3 Å². The maximum atomic E-state index is 9.13. The summed E-state index contributed by atoms with van der Waals surface area (Å²) in [7, 11) is 0. The van der Waals surface area contributed by atoms with E-state index in [0.29, 0.717) is 5.69 Å². The number of nitrogens with one attached hydrogen (secondary N) is 2. The number of hydrogen-bond donors (Lipinski definition) is 4. The van der Waals surface area contributed by atoms with Gasteiger partial charge in [-0.25, -0.2) is 10.9 Å². The highest BCUT2D eigenvalue weighted by molar-refractivity contribution is 8.15. The summed E-state index contributed by atoms with van der Waals surface area (Å²) in [5.41, 5.74) is 5.90. The van der Waals surface area contributed by atoms with Gasteiger partial charge in [0.25, 0.3) is 0 Å². The molecule has 8 heteroatoms. The van der Waals surface area contributed by atoms with E-state index in [1.165, 1.54) is 16.8 Å². The third kappa shape index (κ3) is 3.97. The first-order valence-corrected chi connectivity index (χ1v) is 9.34. The van der Waals surface area contributed by atoms with E-state index in [-0.39, 0.29) is 10.4 Å². The lowest BCUT2D eigenvalue weighted by atomic mass is 10.2. The van der Waals surface area contributed by atoms with Crippen molar-refractivity contribution in [3.63, 3.8) is 0 Å². The number of amidine groups is 1. The third-order valence-corrected chi connectivity index (χ3v) is 5.37. The number of nitrogens with two attached hydrogens (primary N) is 1. The molecule has 0 saturated heterocycles. The van der Waals surface area contributed by atoms with Crippen LogP contribution in [0, 0.1) is 5.41 Å². The van der Waals surface area contributed by atoms with E-state index in [0.717, 1.165) is 29.2 Å². The second-order valence-corrected chi connectivity index (χ2v) is 7.01. The van der Waals surface area contributed by atoms with E-state index in [4.69, 9.17) is 16.5 Å². The first kappa shape index (κ1) is 19.0. The van der Waals surface area contributed by atoms with Gasteiger partial charge in [0.15, 0.2) is 5.17 Å². The Hall–Kier alpha value is -2.81. The monoisotopic (exact) mass is 382 g/mol. The van der Waals surface area contributed by atoms with Crippen molar-refractivity contribution in [2.24, 2.45) is 10.9 Å². The van der Waals surface area contributed by atoms with Crippen molar-refractivity contribution >= 4 is 39.7 Å². The van der Waals surface area contributed by atoms with Crippen LogP contribution in [0.5, 0.6) is 0 Å². The normalized spacial score (nSPS) is 16.3. The molecular weight excluding hydrogens is 360 g/mol. The molecule has 0 radical (unpaired) electrons. The van der Waals surface area contributed by atoms with Gasteiger partial charge in [-0.1, -0.05) is 49.5 Å². The largest absolute Gasteiger partial charge is 0.291 e. The molecule has 0 fully saturated rings. The van der Waals surface area contributed by atoms with Gasteiger partial charge < -0.3 is 0 Å². The van der Waals surface area contributed by atoms with Crippen LogP contribution in [0.1, 0.15) is 13.3 Å². The lowest BCUT2D eigenvalue weighted by molar-refractivity contribution is 0.389. The van der Waals surface area contributed by atoms with Crippen LogP contribution in [0.15, 0.2) is 72.0 Å². The van der Waals surface area contributed by atoms with Crippen molar-refractivity contribution < 1.29 is 5.21 Å². The highest BCUT2D eigenvalue weighted by Gasteiger charge is 2.33. The van der Waals surface area contributed by atoms with E-state index >= 15 is 0 Å². The van der Waals surface area contributed by atoms with Crippen LogP contribution < -0.4 is 21.3 Å². The van der Waals surface area contributed by atoms with Gasteiger partial charge in [0.2, 0.25) is 0 Å². The Morgan fingerprint density at radius 1 is 1.33 bits per heavy atom. The average molecular weight is 382 g/mol. The number of hydrazone groups is 1. The van der Waals surface area contributed by atoms with Gasteiger partial charge in [0.1, 0.15) is 0 Å². The molecule has 1 unspecified atom stereocenters. The lowest BCUT2D eigenvalue weighted by Gasteiger charge is -2.23. The SMILES string of the molecule is C=C1C(SC(=N)N(N)c2ccccc2)C(CC)=NN1c1cccc(NO)c1. The van der Waals surface area contributed by atoms with Gasteiger partial charge >= 0.3 is 0 Å². The van der Waals surface area contributed by atoms with Gasteiger partial charge in [-0.3, -0.25) is 21.1 Å². The lowest BCUT2D eigenvalue weighted by Crippen LogP contribution is -2.37. The molecule has 2 aromatic rings. The number of hydrogen-bond acceptors (Lipinski definition) is 7. The smallest absolute Gasteiger partial charge is 0.176 e. The van der Waals surface area contributed by atoms with Gasteiger partial charge in [-0.05, 0) is 36.8 Å². The summed E-state index contributed by atoms with van der Waals surface area (Å²) < 4.78 is 0. The summed E-state index contributed by atoms with van der Waals surface area (Å²) in [6.07, 6.45) is 0.730. The van der Waals surface area contributed by atoms with Gasteiger partial charge in [0, 0.05) is 0 Å². The second-order valence-electron chi connectivity index (χ2n) is 5.92. The molecule has 7 nitrogen and oxygen atoms in total. The molecule has 0 aromatic heterocycles. The molecule has 0 spiro atoms. The molecule has 0 saturated carbocycles. The van der Waals surface area contributed by atoms with Gasteiger partial charge in [-0.15, -0.1) is 0 Å². The number of anilines is 3. The van der Waals surface area contributed by atoms with Gasteiger partial charge in [0.05, 0.1) is 33.7 Å². The molecule has 1 aliphatic heterocycles. The molecule has 3 rings (SSSR count). The fourth-order valence-corrected chi connectivity index (χ4v) is 3.77. The number of thioether (sulfide) groups is 1. The van der Waals surface area contributed by atoms with E-state index in [2.05, 4.69) is 17.2 Å². The fraction of sp³-hybridized carbons (Fsp3) is 0.158. The number of nitrogens with zero attached hydrogens (tertiary/aromatic N) is 3. The number of hydrazine groups is 1. The molecule has 1 heterocycles. The van der Waals surface area contributed by atoms with Crippen LogP contribution in [0.3, 0.4) is 0 Å². The van der Waals surface area contributed by atoms with Crippen molar-refractivity contribution in [3.8, 4) is 0 Å². The Balaban J connectivity index is 1.79. The molecule has 2 aromatic carbocycles. The summed E-state index contributed by atoms with van der Waals surface area (Å²) in [6.45, 7) is 6.21. The Kier molecular flexibility index (Phi) is 5.80. The molecule has 1 aliphatic rings. The first-order chi connectivity index (χ1) is 13.0. The summed E-state index contributed by atoms with van der Waals surface area (Å²) in [5, 5.41) is 25.3. The molecule has 0 bridgehead atoms. The van der Waals surface area contributed by atoms with Gasteiger partial charge in [-0.2, -0.15) is 5.10 Å². The quantitative estimate of drug-likeness (QED) is 0.270. The number of benzene rings is 2. The Bertz CT molecular complexity index is 870. The molecule has 0 amide bonds. The van der Waals surface area contributed by atoms with Crippen LogP contribution >= 0.6 is 11.8 Å². The maximum absolute atomic E-state index is 9.13. The van der Waals surface area contributed by atoms with Crippen LogP contribution in [-0.2, 0) is 0 Å². The molecule has 140 valence electrons. The number of rotatable bonds is 5. The standard InChI is InChI=1S/C19H22N6OS/c1-3-17-18(27-19(20)24(21)15-9-5-4-6-10-15)13(2)25(22-17)16-11-7-8-14(12-16)23-26/h4-12,18,20,23,26H,2-3,21H2,1H3. The van der Waals surface area contributed by atoms with Crippen LogP contribution in [0.4, 0.5) is 17.1 Å². The zero-order valence-electron chi connectivity index (χ0n) is 15.0. The zero-order chi connectivity index (χ0) is 19.4. The van der Waals surface area contributed by atoms with Crippen LogP contribution in [0.25, 0.3) is 0 Å². The molecule has 5 N–H and O–H groups in total. The summed E-state index contributed by atoms with van der Waals surface area (Å²) >= 11 is 1.31. The fourth-order valence-electron chi connectivity index (χ4n) is 2.75. The Morgan fingerprint density at radius 2 is 2.07 bits per heavy atom. The number of para-hydroxylation sites is 1. The topological polar surface area (TPSA) is 101 Å². The Labute approximate surface area is 162 Å². The minimum Gasteiger partial charge on any atom is -0.291 e. The highest BCUT2D eigenvalue weighted by Crippen LogP contribution is 2.36. The second kappa shape index (κ2) is 8.26. The summed E-state index contributed by atoms with van der Waals surface area (Å²) in [4.78, 5) is 0. The molecule has 0 aliphatic carbocycles. The summed E-state index contributed by atoms with van der Waals surface area (Å²) in [5.74, 6) is 6.10. The molecule has 1 atom stereocenters. The van der Waals surface area contributed by atoms with Crippen molar-refractivity contribution in [2.75, 3.05) is 15.5 Å². The predicted molar refractivity (Wildman–Crippen MR) is 113 cm³/mol. The van der Waals surface area contributed by atoms with Crippen molar-refractivity contribution in [2.45, 2.75) is 18.6 Å². The van der Waals surface area contributed by atoms with Crippen molar-refractivity contribution in [3.05, 3.63) is 66.9 Å². The van der Waals surface area contributed by atoms with E-state index < -0.39 is 0 Å². The summed E-state index contributed by atoms with van der Waals surface area (Å²) in [6, 6.07) is 16.6. The highest BCUT2D eigenvalue weighted by atomic mass is 32.2. The first-order valence-electron chi connectivity index (χ1n) is 8.46. The van der Waals surface area contributed by atoms with E-state index in [1.807, 2.05) is 49.4 Å².